The molecule has 0 spiro atoms. The minimum absolute atomic E-state index is 0.0100. The SMILES string of the molecule is CCCN(CC(=O)Nc1cc(Cl)ccc1Cl)C(=O)CC(C)C. The lowest BCUT2D eigenvalue weighted by Gasteiger charge is -2.22. The molecule has 0 unspecified atom stereocenters. The molecule has 0 bridgehead atoms. The van der Waals surface area contributed by atoms with Crippen molar-refractivity contribution in [2.75, 3.05) is 18.4 Å². The van der Waals surface area contributed by atoms with Gasteiger partial charge < -0.3 is 10.2 Å². The summed E-state index contributed by atoms with van der Waals surface area (Å²) in [6.07, 6.45) is 1.24. The number of nitrogens with zero attached hydrogens (tertiary/aromatic N) is 1. The standard InChI is InChI=1S/C16H22Cl2N2O2/c1-4-7-20(16(22)8-11(2)3)10-15(21)19-14-9-12(17)5-6-13(14)18/h5-6,9,11H,4,7-8,10H2,1-3H3,(H,19,21). The van der Waals surface area contributed by atoms with Gasteiger partial charge in [-0.15, -0.1) is 0 Å². The van der Waals surface area contributed by atoms with Crippen LogP contribution < -0.4 is 5.32 Å². The van der Waals surface area contributed by atoms with Gasteiger partial charge in [0, 0.05) is 18.0 Å². The molecule has 0 atom stereocenters. The van der Waals surface area contributed by atoms with E-state index in [2.05, 4.69) is 5.32 Å². The third-order valence-corrected chi connectivity index (χ3v) is 3.53. The number of benzene rings is 1. The van der Waals surface area contributed by atoms with E-state index in [1.165, 1.54) is 0 Å². The third kappa shape index (κ3) is 6.24. The minimum Gasteiger partial charge on any atom is -0.333 e. The van der Waals surface area contributed by atoms with Gasteiger partial charge in [-0.25, -0.2) is 0 Å². The zero-order valence-corrected chi connectivity index (χ0v) is 14.7. The number of rotatable bonds is 7. The molecule has 1 rings (SSSR count). The fourth-order valence-corrected chi connectivity index (χ4v) is 2.33. The Bertz CT molecular complexity index is 533. The van der Waals surface area contributed by atoms with Crippen LogP contribution in [0.25, 0.3) is 0 Å². The van der Waals surface area contributed by atoms with E-state index in [1.807, 2.05) is 20.8 Å². The summed E-state index contributed by atoms with van der Waals surface area (Å²) in [6.45, 7) is 6.51. The average Bonchev–Trinajstić information content (AvgIpc) is 2.41. The maximum Gasteiger partial charge on any atom is 0.244 e. The van der Waals surface area contributed by atoms with Crippen molar-refractivity contribution >= 4 is 40.7 Å². The number of nitrogens with one attached hydrogen (secondary N) is 1. The molecule has 1 N–H and O–H groups in total. The van der Waals surface area contributed by atoms with E-state index in [4.69, 9.17) is 23.2 Å². The molecule has 0 aliphatic rings. The normalized spacial score (nSPS) is 10.6. The van der Waals surface area contributed by atoms with Crippen LogP contribution in [0, 0.1) is 5.92 Å². The first-order valence-electron chi connectivity index (χ1n) is 7.36. The smallest absolute Gasteiger partial charge is 0.244 e. The molecule has 0 aromatic heterocycles. The van der Waals surface area contributed by atoms with Crippen LogP contribution in [0.3, 0.4) is 0 Å². The monoisotopic (exact) mass is 344 g/mol. The van der Waals surface area contributed by atoms with Crippen molar-refractivity contribution in [2.24, 2.45) is 5.92 Å². The predicted octanol–water partition coefficient (Wildman–Crippen LogP) is 4.22. The van der Waals surface area contributed by atoms with E-state index < -0.39 is 0 Å². The molecule has 0 radical (unpaired) electrons. The van der Waals surface area contributed by atoms with Crippen LogP contribution in [0.15, 0.2) is 18.2 Å². The Morgan fingerprint density at radius 3 is 2.55 bits per heavy atom. The molecule has 0 aliphatic heterocycles. The lowest BCUT2D eigenvalue weighted by molar-refractivity contribution is -0.135. The lowest BCUT2D eigenvalue weighted by atomic mass is 10.1. The van der Waals surface area contributed by atoms with Gasteiger partial charge in [0.1, 0.15) is 0 Å². The third-order valence-electron chi connectivity index (χ3n) is 2.97. The van der Waals surface area contributed by atoms with E-state index in [-0.39, 0.29) is 24.3 Å². The number of amides is 2. The van der Waals surface area contributed by atoms with Crippen molar-refractivity contribution in [1.82, 2.24) is 4.90 Å². The first-order valence-corrected chi connectivity index (χ1v) is 8.11. The van der Waals surface area contributed by atoms with Gasteiger partial charge in [0.2, 0.25) is 11.8 Å². The van der Waals surface area contributed by atoms with Crippen LogP contribution in [0.1, 0.15) is 33.6 Å². The molecule has 1 aromatic rings. The van der Waals surface area contributed by atoms with Gasteiger partial charge in [0.25, 0.3) is 0 Å². The number of anilines is 1. The molecule has 0 saturated carbocycles. The summed E-state index contributed by atoms with van der Waals surface area (Å²) in [5, 5.41) is 3.60. The van der Waals surface area contributed by atoms with E-state index in [9.17, 15) is 9.59 Å². The zero-order chi connectivity index (χ0) is 16.7. The maximum absolute atomic E-state index is 12.2. The molecule has 122 valence electrons. The highest BCUT2D eigenvalue weighted by atomic mass is 35.5. The van der Waals surface area contributed by atoms with Crippen LogP contribution in [0.2, 0.25) is 10.0 Å². The van der Waals surface area contributed by atoms with Crippen molar-refractivity contribution in [1.29, 1.82) is 0 Å². The van der Waals surface area contributed by atoms with Gasteiger partial charge >= 0.3 is 0 Å². The molecule has 0 saturated heterocycles. The van der Waals surface area contributed by atoms with Crippen molar-refractivity contribution < 1.29 is 9.59 Å². The summed E-state index contributed by atoms with van der Waals surface area (Å²) in [5.41, 5.74) is 0.451. The molecular formula is C16H22Cl2N2O2. The van der Waals surface area contributed by atoms with Gasteiger partial charge in [0.15, 0.2) is 0 Å². The summed E-state index contributed by atoms with van der Waals surface area (Å²) >= 11 is 11.9. The van der Waals surface area contributed by atoms with Crippen LogP contribution >= 0.6 is 23.2 Å². The fraction of sp³-hybridized carbons (Fsp3) is 0.500. The number of hydrogen-bond donors (Lipinski definition) is 1. The molecule has 22 heavy (non-hydrogen) atoms. The Morgan fingerprint density at radius 1 is 1.27 bits per heavy atom. The van der Waals surface area contributed by atoms with Crippen molar-refractivity contribution in [2.45, 2.75) is 33.6 Å². The van der Waals surface area contributed by atoms with Crippen LogP contribution in [-0.2, 0) is 9.59 Å². The van der Waals surface area contributed by atoms with Crippen molar-refractivity contribution in [3.05, 3.63) is 28.2 Å². The zero-order valence-electron chi connectivity index (χ0n) is 13.2. The topological polar surface area (TPSA) is 49.4 Å². The van der Waals surface area contributed by atoms with Crippen molar-refractivity contribution in [3.8, 4) is 0 Å². The molecule has 6 heteroatoms. The van der Waals surface area contributed by atoms with Gasteiger partial charge in [-0.1, -0.05) is 44.0 Å². The molecule has 2 amide bonds. The van der Waals surface area contributed by atoms with Crippen LogP contribution in [0.4, 0.5) is 5.69 Å². The Labute approximate surface area is 141 Å². The number of carbonyl (C=O) groups excluding carboxylic acids is 2. The number of carbonyl (C=O) groups is 2. The second-order valence-electron chi connectivity index (χ2n) is 5.59. The summed E-state index contributed by atoms with van der Waals surface area (Å²) in [6, 6.07) is 4.85. The van der Waals surface area contributed by atoms with Gasteiger partial charge in [-0.3, -0.25) is 9.59 Å². The highest BCUT2D eigenvalue weighted by molar-refractivity contribution is 6.35. The van der Waals surface area contributed by atoms with Crippen LogP contribution in [0.5, 0.6) is 0 Å². The summed E-state index contributed by atoms with van der Waals surface area (Å²) in [5.74, 6) is -0.0313. The lowest BCUT2D eigenvalue weighted by Crippen LogP contribution is -2.39. The predicted molar refractivity (Wildman–Crippen MR) is 91.4 cm³/mol. The van der Waals surface area contributed by atoms with E-state index in [0.717, 1.165) is 6.42 Å². The van der Waals surface area contributed by atoms with Crippen molar-refractivity contribution in [3.63, 3.8) is 0 Å². The second-order valence-corrected chi connectivity index (χ2v) is 6.43. The van der Waals surface area contributed by atoms with E-state index >= 15 is 0 Å². The molecule has 0 heterocycles. The number of halogens is 2. The first-order chi connectivity index (χ1) is 10.3. The Morgan fingerprint density at radius 2 is 1.95 bits per heavy atom. The maximum atomic E-state index is 12.2. The molecular weight excluding hydrogens is 323 g/mol. The Hall–Kier alpha value is -1.26. The molecule has 0 fully saturated rings. The average molecular weight is 345 g/mol. The minimum atomic E-state index is -0.283. The van der Waals surface area contributed by atoms with Gasteiger partial charge in [-0.2, -0.15) is 0 Å². The Kier molecular flexibility index (Phi) is 7.69. The van der Waals surface area contributed by atoms with E-state index in [0.29, 0.717) is 28.7 Å². The summed E-state index contributed by atoms with van der Waals surface area (Å²) in [7, 11) is 0. The Balaban J connectivity index is 2.70. The highest BCUT2D eigenvalue weighted by Crippen LogP contribution is 2.25. The first kappa shape index (κ1) is 18.8. The molecule has 1 aromatic carbocycles. The van der Waals surface area contributed by atoms with Crippen LogP contribution in [-0.4, -0.2) is 29.8 Å². The quantitative estimate of drug-likeness (QED) is 0.804. The fourth-order valence-electron chi connectivity index (χ4n) is 2.00. The molecule has 4 nitrogen and oxygen atoms in total. The summed E-state index contributed by atoms with van der Waals surface area (Å²) < 4.78 is 0. The van der Waals surface area contributed by atoms with E-state index in [1.54, 1.807) is 23.1 Å². The largest absolute Gasteiger partial charge is 0.333 e. The highest BCUT2D eigenvalue weighted by Gasteiger charge is 2.18. The van der Waals surface area contributed by atoms with Gasteiger partial charge in [-0.05, 0) is 30.5 Å². The molecule has 0 aliphatic carbocycles. The summed E-state index contributed by atoms with van der Waals surface area (Å²) in [4.78, 5) is 25.9. The second kappa shape index (κ2) is 9.01. The van der Waals surface area contributed by atoms with Gasteiger partial charge in [0.05, 0.1) is 17.3 Å². The number of hydrogen-bond acceptors (Lipinski definition) is 2.